The Morgan fingerprint density at radius 2 is 2.00 bits per heavy atom. The smallest absolute Gasteiger partial charge is 0.139 e. The van der Waals surface area contributed by atoms with Gasteiger partial charge in [0.05, 0.1) is 20.9 Å². The fourth-order valence-electron chi connectivity index (χ4n) is 2.50. The number of aryl methyl sites for hydroxylation is 1. The molecule has 1 aromatic carbocycles. The molecule has 1 heterocycles. The molecule has 1 aromatic heterocycles. The van der Waals surface area contributed by atoms with Crippen LogP contribution in [0.4, 0.5) is 4.39 Å². The zero-order valence-corrected chi connectivity index (χ0v) is 15.0. The van der Waals surface area contributed by atoms with Gasteiger partial charge >= 0.3 is 0 Å². The first-order valence-corrected chi connectivity index (χ1v) is 8.62. The fraction of sp³-hybridized carbons (Fsp3) is 0.562. The summed E-state index contributed by atoms with van der Waals surface area (Å²) >= 11 is 9.44. The van der Waals surface area contributed by atoms with Crippen LogP contribution in [-0.4, -0.2) is 9.55 Å². The number of hydrogen-bond donors (Lipinski definition) is 0. The van der Waals surface area contributed by atoms with Crippen molar-refractivity contribution in [1.82, 2.24) is 9.55 Å². The van der Waals surface area contributed by atoms with E-state index in [0.717, 1.165) is 36.2 Å². The van der Waals surface area contributed by atoms with Crippen molar-refractivity contribution in [3.05, 3.63) is 28.2 Å². The Labute approximate surface area is 138 Å². The van der Waals surface area contributed by atoms with E-state index in [1.54, 1.807) is 6.07 Å². The molecule has 1 unspecified atom stereocenters. The van der Waals surface area contributed by atoms with Gasteiger partial charge in [0.2, 0.25) is 0 Å². The standard InChI is InChI=1S/C16H21BrClFN2/c1-10(2)6-4-5-7-21-15-9-13(19)12(17)8-14(15)20-16(21)11(3)18/h8-11H,4-7H2,1-3H3. The highest BCUT2D eigenvalue weighted by Gasteiger charge is 2.16. The third-order valence-corrected chi connectivity index (χ3v) is 4.39. The molecule has 116 valence electrons. The number of aromatic nitrogens is 2. The lowest BCUT2D eigenvalue weighted by atomic mass is 10.1. The number of halogens is 3. The molecule has 0 radical (unpaired) electrons. The number of imidazole rings is 1. The Balaban J connectivity index is 2.30. The molecule has 2 nitrogen and oxygen atoms in total. The van der Waals surface area contributed by atoms with Gasteiger partial charge in [0, 0.05) is 12.6 Å². The van der Waals surface area contributed by atoms with E-state index in [-0.39, 0.29) is 11.2 Å². The van der Waals surface area contributed by atoms with Crippen molar-refractivity contribution in [2.75, 3.05) is 0 Å². The van der Waals surface area contributed by atoms with Gasteiger partial charge in [-0.1, -0.05) is 26.7 Å². The van der Waals surface area contributed by atoms with Gasteiger partial charge in [-0.2, -0.15) is 0 Å². The van der Waals surface area contributed by atoms with E-state index in [0.29, 0.717) is 10.4 Å². The van der Waals surface area contributed by atoms with E-state index >= 15 is 0 Å². The molecule has 0 spiro atoms. The lowest BCUT2D eigenvalue weighted by molar-refractivity contribution is 0.507. The molecular formula is C16H21BrClFN2. The molecule has 0 amide bonds. The van der Waals surface area contributed by atoms with E-state index in [1.807, 2.05) is 6.92 Å². The summed E-state index contributed by atoms with van der Waals surface area (Å²) in [6.07, 6.45) is 3.42. The largest absolute Gasteiger partial charge is 0.327 e. The number of rotatable bonds is 6. The molecule has 0 aliphatic rings. The van der Waals surface area contributed by atoms with Gasteiger partial charge < -0.3 is 4.57 Å². The van der Waals surface area contributed by atoms with Crippen molar-refractivity contribution >= 4 is 38.6 Å². The third-order valence-electron chi connectivity index (χ3n) is 3.59. The molecule has 2 aromatic rings. The minimum absolute atomic E-state index is 0.190. The van der Waals surface area contributed by atoms with Gasteiger partial charge in [0.25, 0.3) is 0 Å². The number of hydrogen-bond acceptors (Lipinski definition) is 1. The summed E-state index contributed by atoms with van der Waals surface area (Å²) in [6.45, 7) is 7.19. The van der Waals surface area contributed by atoms with Crippen LogP contribution in [0.1, 0.15) is 51.2 Å². The first-order chi connectivity index (χ1) is 9.90. The number of fused-ring (bicyclic) bond motifs is 1. The van der Waals surface area contributed by atoms with Crippen LogP contribution in [-0.2, 0) is 6.54 Å². The van der Waals surface area contributed by atoms with E-state index in [2.05, 4.69) is 39.3 Å². The van der Waals surface area contributed by atoms with Crippen molar-refractivity contribution in [3.63, 3.8) is 0 Å². The molecule has 2 rings (SSSR count). The molecule has 0 saturated carbocycles. The zero-order chi connectivity index (χ0) is 15.6. The monoisotopic (exact) mass is 374 g/mol. The predicted octanol–water partition coefficient (Wildman–Crippen LogP) is 6.06. The van der Waals surface area contributed by atoms with E-state index in [1.165, 1.54) is 12.5 Å². The summed E-state index contributed by atoms with van der Waals surface area (Å²) < 4.78 is 16.3. The lowest BCUT2D eigenvalue weighted by Crippen LogP contribution is -2.05. The SMILES string of the molecule is CC(C)CCCCn1c(C(C)Cl)nc2cc(Br)c(F)cc21. The molecule has 0 aliphatic carbocycles. The maximum Gasteiger partial charge on any atom is 0.139 e. The van der Waals surface area contributed by atoms with Crippen molar-refractivity contribution in [2.24, 2.45) is 5.92 Å². The molecule has 5 heteroatoms. The van der Waals surface area contributed by atoms with Crippen LogP contribution in [0.3, 0.4) is 0 Å². The third kappa shape index (κ3) is 3.98. The minimum atomic E-state index is -0.264. The highest BCUT2D eigenvalue weighted by Crippen LogP contribution is 2.28. The molecule has 0 bridgehead atoms. The highest BCUT2D eigenvalue weighted by molar-refractivity contribution is 9.10. The molecule has 0 N–H and O–H groups in total. The molecule has 0 aliphatic heterocycles. The quantitative estimate of drug-likeness (QED) is 0.443. The first kappa shape index (κ1) is 16.8. The van der Waals surface area contributed by atoms with Crippen LogP contribution in [0, 0.1) is 11.7 Å². The summed E-state index contributed by atoms with van der Waals surface area (Å²) in [5.41, 5.74) is 1.61. The van der Waals surface area contributed by atoms with Gasteiger partial charge in [0.1, 0.15) is 11.6 Å². The lowest BCUT2D eigenvalue weighted by Gasteiger charge is -2.11. The zero-order valence-electron chi connectivity index (χ0n) is 12.7. The second-order valence-electron chi connectivity index (χ2n) is 5.88. The number of unbranched alkanes of at least 4 members (excludes halogenated alkanes) is 1. The summed E-state index contributed by atoms with van der Waals surface area (Å²) in [5.74, 6) is 1.26. The Morgan fingerprint density at radius 1 is 1.29 bits per heavy atom. The topological polar surface area (TPSA) is 17.8 Å². The van der Waals surface area contributed by atoms with Crippen LogP contribution in [0.15, 0.2) is 16.6 Å². The van der Waals surface area contributed by atoms with Crippen molar-refractivity contribution < 1.29 is 4.39 Å². The summed E-state index contributed by atoms with van der Waals surface area (Å²) in [7, 11) is 0. The minimum Gasteiger partial charge on any atom is -0.327 e. The van der Waals surface area contributed by atoms with Gasteiger partial charge in [-0.3, -0.25) is 0 Å². The van der Waals surface area contributed by atoms with Gasteiger partial charge in [-0.05, 0) is 41.3 Å². The van der Waals surface area contributed by atoms with Crippen LogP contribution in [0.2, 0.25) is 0 Å². The number of benzene rings is 1. The Hall–Kier alpha value is -0.610. The van der Waals surface area contributed by atoms with E-state index < -0.39 is 0 Å². The van der Waals surface area contributed by atoms with Crippen molar-refractivity contribution in [2.45, 2.75) is 52.0 Å². The Bertz CT molecular complexity index is 622. The normalized spacial score (nSPS) is 13.3. The average Bonchev–Trinajstić information content (AvgIpc) is 2.73. The van der Waals surface area contributed by atoms with Crippen molar-refractivity contribution in [3.8, 4) is 0 Å². The van der Waals surface area contributed by atoms with Crippen LogP contribution in [0.25, 0.3) is 11.0 Å². The second kappa shape index (κ2) is 7.10. The summed E-state index contributed by atoms with van der Waals surface area (Å²) in [4.78, 5) is 4.56. The maximum absolute atomic E-state index is 13.8. The van der Waals surface area contributed by atoms with Crippen LogP contribution in [0.5, 0.6) is 0 Å². The first-order valence-electron chi connectivity index (χ1n) is 7.39. The van der Waals surface area contributed by atoms with E-state index in [9.17, 15) is 4.39 Å². The van der Waals surface area contributed by atoms with Gasteiger partial charge in [0.15, 0.2) is 0 Å². The average molecular weight is 376 g/mol. The summed E-state index contributed by atoms with van der Waals surface area (Å²) in [5, 5.41) is -0.190. The maximum atomic E-state index is 13.8. The molecule has 21 heavy (non-hydrogen) atoms. The van der Waals surface area contributed by atoms with Gasteiger partial charge in [-0.25, -0.2) is 9.37 Å². The predicted molar refractivity (Wildman–Crippen MR) is 90.3 cm³/mol. The van der Waals surface area contributed by atoms with Crippen LogP contribution >= 0.6 is 27.5 Å². The second-order valence-corrected chi connectivity index (χ2v) is 7.39. The van der Waals surface area contributed by atoms with Crippen molar-refractivity contribution in [1.29, 1.82) is 0 Å². The molecular weight excluding hydrogens is 355 g/mol. The fourth-order valence-corrected chi connectivity index (χ4v) is 3.00. The molecule has 1 atom stereocenters. The number of alkyl halides is 1. The summed E-state index contributed by atoms with van der Waals surface area (Å²) in [6, 6.07) is 3.26. The van der Waals surface area contributed by atoms with E-state index in [4.69, 9.17) is 11.6 Å². The molecule has 0 saturated heterocycles. The van der Waals surface area contributed by atoms with Crippen LogP contribution < -0.4 is 0 Å². The van der Waals surface area contributed by atoms with Gasteiger partial charge in [-0.15, -0.1) is 11.6 Å². The number of nitrogens with zero attached hydrogens (tertiary/aromatic N) is 2. The molecule has 0 fully saturated rings. The Kier molecular flexibility index (Phi) is 5.67. The highest BCUT2D eigenvalue weighted by atomic mass is 79.9. The Morgan fingerprint density at radius 3 is 2.62 bits per heavy atom.